The zero-order valence-electron chi connectivity index (χ0n) is 12.3. The summed E-state index contributed by atoms with van der Waals surface area (Å²) in [4.78, 5) is 4.44. The van der Waals surface area contributed by atoms with Gasteiger partial charge in [0, 0.05) is 22.2 Å². The topological polar surface area (TPSA) is 36.4 Å². The van der Waals surface area contributed by atoms with Crippen LogP contribution in [0.4, 0.5) is 11.4 Å². The normalized spacial score (nSPS) is 10.9. The van der Waals surface area contributed by atoms with Crippen LogP contribution in [0.5, 0.6) is 0 Å². The van der Waals surface area contributed by atoms with Crippen LogP contribution < -0.4 is 10.6 Å². The summed E-state index contributed by atoms with van der Waals surface area (Å²) in [7, 11) is 0. The molecule has 6 heteroatoms. The number of anilines is 2. The molecule has 0 saturated carbocycles. The van der Waals surface area contributed by atoms with Crippen LogP contribution in [0.15, 0.2) is 72.2 Å². The van der Waals surface area contributed by atoms with E-state index < -0.39 is 0 Å². The molecule has 0 aliphatic heterocycles. The largest absolute Gasteiger partial charge is 0.335 e. The maximum atomic E-state index is 5.90. The van der Waals surface area contributed by atoms with E-state index in [1.807, 2.05) is 60.7 Å². The lowest BCUT2D eigenvalue weighted by Gasteiger charge is -2.10. The van der Waals surface area contributed by atoms with Crippen molar-refractivity contribution >= 4 is 57.2 Å². The van der Waals surface area contributed by atoms with E-state index in [-0.39, 0.29) is 0 Å². The summed E-state index contributed by atoms with van der Waals surface area (Å²) in [5.74, 6) is 0.730. The second-order valence-corrected chi connectivity index (χ2v) is 6.28. The number of halogens is 1. The fourth-order valence-corrected chi connectivity index (χ4v) is 2.67. The van der Waals surface area contributed by atoms with E-state index in [0.717, 1.165) is 17.1 Å². The molecule has 0 spiro atoms. The van der Waals surface area contributed by atoms with Crippen LogP contribution in [0.1, 0.15) is 0 Å². The van der Waals surface area contributed by atoms with Gasteiger partial charge in [-0.25, -0.2) is 0 Å². The zero-order chi connectivity index (χ0) is 16.5. The van der Waals surface area contributed by atoms with Gasteiger partial charge in [0.25, 0.3) is 0 Å². The molecule has 0 atom stereocenters. The van der Waals surface area contributed by atoms with Gasteiger partial charge in [0.2, 0.25) is 0 Å². The SMILES string of the molecule is C=CCS/C(=N\C(=S)Nc1ccccc1)Nc1ccc(Cl)cc1. The van der Waals surface area contributed by atoms with E-state index in [1.54, 1.807) is 0 Å². The first-order chi connectivity index (χ1) is 11.2. The second-order valence-electron chi connectivity index (χ2n) is 4.44. The van der Waals surface area contributed by atoms with Gasteiger partial charge in [-0.2, -0.15) is 4.99 Å². The molecular formula is C17H16ClN3S2. The molecule has 0 radical (unpaired) electrons. The first-order valence-electron chi connectivity index (χ1n) is 6.88. The van der Waals surface area contributed by atoms with Gasteiger partial charge in [0.15, 0.2) is 10.3 Å². The van der Waals surface area contributed by atoms with Crippen molar-refractivity contribution in [3.05, 3.63) is 72.3 Å². The molecule has 0 aromatic heterocycles. The zero-order valence-corrected chi connectivity index (χ0v) is 14.7. The third-order valence-corrected chi connectivity index (χ3v) is 3.98. The van der Waals surface area contributed by atoms with Gasteiger partial charge in [0.05, 0.1) is 0 Å². The van der Waals surface area contributed by atoms with Crippen LogP contribution in [0, 0.1) is 0 Å². The molecule has 0 fully saturated rings. The number of nitrogens with zero attached hydrogens (tertiary/aromatic N) is 1. The molecule has 118 valence electrons. The Morgan fingerprint density at radius 1 is 1.09 bits per heavy atom. The van der Waals surface area contributed by atoms with Crippen LogP contribution in [-0.2, 0) is 0 Å². The van der Waals surface area contributed by atoms with Gasteiger partial charge < -0.3 is 10.6 Å². The molecule has 0 unspecified atom stereocenters. The summed E-state index contributed by atoms with van der Waals surface area (Å²) in [6.45, 7) is 3.73. The molecule has 0 aliphatic rings. The summed E-state index contributed by atoms with van der Waals surface area (Å²) in [5.41, 5.74) is 1.80. The van der Waals surface area contributed by atoms with Gasteiger partial charge in [-0.3, -0.25) is 0 Å². The molecule has 3 nitrogen and oxygen atoms in total. The fraction of sp³-hybridized carbons (Fsp3) is 0.0588. The molecular weight excluding hydrogens is 346 g/mol. The van der Waals surface area contributed by atoms with E-state index in [9.17, 15) is 0 Å². The Hall–Kier alpha value is -1.82. The minimum absolute atomic E-state index is 0.393. The molecule has 0 heterocycles. The lowest BCUT2D eigenvalue weighted by molar-refractivity contribution is 1.58. The number of nitrogens with one attached hydrogen (secondary N) is 2. The fourth-order valence-electron chi connectivity index (χ4n) is 1.66. The predicted octanol–water partition coefficient (Wildman–Crippen LogP) is 5.42. The molecule has 2 N–H and O–H groups in total. The molecule has 2 aromatic rings. The van der Waals surface area contributed by atoms with Crippen LogP contribution >= 0.6 is 35.6 Å². The molecule has 0 bridgehead atoms. The van der Waals surface area contributed by atoms with Crippen LogP contribution in [0.3, 0.4) is 0 Å². The van der Waals surface area contributed by atoms with Gasteiger partial charge in [0.1, 0.15) is 0 Å². The second kappa shape index (κ2) is 9.35. The summed E-state index contributed by atoms with van der Waals surface area (Å²) in [6.07, 6.45) is 1.82. The maximum absolute atomic E-state index is 5.90. The maximum Gasteiger partial charge on any atom is 0.199 e. The van der Waals surface area contributed by atoms with Crippen molar-refractivity contribution < 1.29 is 0 Å². The highest BCUT2D eigenvalue weighted by atomic mass is 35.5. The average molecular weight is 362 g/mol. The highest BCUT2D eigenvalue weighted by molar-refractivity contribution is 8.14. The van der Waals surface area contributed by atoms with Gasteiger partial charge in [-0.05, 0) is 48.6 Å². The molecule has 0 saturated heterocycles. The summed E-state index contributed by atoms with van der Waals surface area (Å²) in [6, 6.07) is 17.1. The number of hydrogen-bond acceptors (Lipinski definition) is 2. The van der Waals surface area contributed by atoms with E-state index in [2.05, 4.69) is 22.2 Å². The third kappa shape index (κ3) is 6.44. The Morgan fingerprint density at radius 3 is 2.39 bits per heavy atom. The van der Waals surface area contributed by atoms with Crippen molar-refractivity contribution in [1.29, 1.82) is 0 Å². The quantitative estimate of drug-likeness (QED) is 0.330. The van der Waals surface area contributed by atoms with Crippen molar-refractivity contribution in [1.82, 2.24) is 0 Å². The molecule has 0 aliphatic carbocycles. The van der Waals surface area contributed by atoms with Gasteiger partial charge in [-0.15, -0.1) is 6.58 Å². The number of thioether (sulfide) groups is 1. The number of hydrogen-bond donors (Lipinski definition) is 2. The van der Waals surface area contributed by atoms with Crippen molar-refractivity contribution in [3.63, 3.8) is 0 Å². The number of rotatable bonds is 4. The third-order valence-electron chi connectivity index (χ3n) is 2.66. The standard InChI is InChI=1S/C17H16ClN3S2/c1-2-12-23-17(20-15-10-8-13(18)9-11-15)21-16(22)19-14-6-4-3-5-7-14/h2-11H,1,12H2,(H2,19,20,21,22). The van der Waals surface area contributed by atoms with E-state index in [4.69, 9.17) is 23.8 Å². The molecule has 0 amide bonds. The minimum atomic E-state index is 0.393. The Morgan fingerprint density at radius 2 is 1.74 bits per heavy atom. The van der Waals surface area contributed by atoms with Gasteiger partial charge >= 0.3 is 0 Å². The summed E-state index contributed by atoms with van der Waals surface area (Å²) >= 11 is 12.7. The van der Waals surface area contributed by atoms with E-state index in [0.29, 0.717) is 15.3 Å². The van der Waals surface area contributed by atoms with Crippen molar-refractivity contribution in [3.8, 4) is 0 Å². The van der Waals surface area contributed by atoms with Crippen molar-refractivity contribution in [2.24, 2.45) is 4.99 Å². The van der Waals surface area contributed by atoms with Crippen molar-refractivity contribution in [2.45, 2.75) is 0 Å². The first kappa shape index (κ1) is 17.5. The van der Waals surface area contributed by atoms with Crippen LogP contribution in [-0.4, -0.2) is 16.0 Å². The number of thiocarbonyl (C=S) groups is 1. The Kier molecular flexibility index (Phi) is 7.13. The Bertz CT molecular complexity index is 685. The van der Waals surface area contributed by atoms with Gasteiger partial charge in [-0.1, -0.05) is 47.6 Å². The minimum Gasteiger partial charge on any atom is -0.335 e. The van der Waals surface area contributed by atoms with E-state index in [1.165, 1.54) is 11.8 Å². The van der Waals surface area contributed by atoms with Crippen LogP contribution in [0.2, 0.25) is 5.02 Å². The molecule has 2 aromatic carbocycles. The molecule has 23 heavy (non-hydrogen) atoms. The number of benzene rings is 2. The van der Waals surface area contributed by atoms with Crippen molar-refractivity contribution in [2.75, 3.05) is 16.4 Å². The lowest BCUT2D eigenvalue weighted by Crippen LogP contribution is -2.14. The lowest BCUT2D eigenvalue weighted by atomic mass is 10.3. The number of amidine groups is 1. The average Bonchev–Trinajstić information content (AvgIpc) is 2.55. The number of aliphatic imine (C=N–C) groups is 1. The predicted molar refractivity (Wildman–Crippen MR) is 108 cm³/mol. The monoisotopic (exact) mass is 361 g/mol. The summed E-state index contributed by atoms with van der Waals surface area (Å²) in [5, 5.41) is 8.10. The highest BCUT2D eigenvalue weighted by Crippen LogP contribution is 2.16. The van der Waals surface area contributed by atoms with Crippen LogP contribution in [0.25, 0.3) is 0 Å². The summed E-state index contributed by atoms with van der Waals surface area (Å²) < 4.78 is 0. The Labute approximate surface area is 150 Å². The van der Waals surface area contributed by atoms with E-state index >= 15 is 0 Å². The molecule has 2 rings (SSSR count). The smallest absolute Gasteiger partial charge is 0.199 e. The Balaban J connectivity index is 2.07. The number of para-hydroxylation sites is 1. The first-order valence-corrected chi connectivity index (χ1v) is 8.65. The highest BCUT2D eigenvalue weighted by Gasteiger charge is 2.03.